The molecule has 0 aliphatic carbocycles. The number of nitrogens with one attached hydrogen (secondary N) is 1. The van der Waals surface area contributed by atoms with Gasteiger partial charge in [0.2, 0.25) is 5.09 Å². The first-order valence-corrected chi connectivity index (χ1v) is 8.55. The fourth-order valence-electron chi connectivity index (χ4n) is 2.05. The Morgan fingerprint density at radius 2 is 2.10 bits per heavy atom. The van der Waals surface area contributed by atoms with Gasteiger partial charge in [-0.2, -0.15) is 0 Å². The van der Waals surface area contributed by atoms with E-state index < -0.39 is 10.0 Å². The molecule has 0 aliphatic heterocycles. The molecule has 0 aliphatic rings. The highest BCUT2D eigenvalue weighted by Crippen LogP contribution is 2.26. The fourth-order valence-corrected chi connectivity index (χ4v) is 3.55. The maximum atomic E-state index is 11.1. The maximum absolute atomic E-state index is 11.1. The van der Waals surface area contributed by atoms with Crippen molar-refractivity contribution in [1.29, 1.82) is 0 Å². The molecule has 0 fully saturated rings. The van der Waals surface area contributed by atoms with Gasteiger partial charge in [0, 0.05) is 15.8 Å². The molecule has 20 heavy (non-hydrogen) atoms. The van der Waals surface area contributed by atoms with E-state index in [1.807, 2.05) is 0 Å². The van der Waals surface area contributed by atoms with Crippen LogP contribution in [0.15, 0.2) is 27.7 Å². The summed E-state index contributed by atoms with van der Waals surface area (Å²) in [5.41, 5.74) is 1.26. The van der Waals surface area contributed by atoms with Crippen LogP contribution in [-0.2, 0) is 16.6 Å². The van der Waals surface area contributed by atoms with Gasteiger partial charge in [0.15, 0.2) is 0 Å². The van der Waals surface area contributed by atoms with E-state index in [0.717, 1.165) is 0 Å². The lowest BCUT2D eigenvalue weighted by atomic mass is 10.1. The molecule has 1 atom stereocenters. The average molecular weight is 314 g/mol. The molecule has 3 N–H and O–H groups in total. The van der Waals surface area contributed by atoms with Crippen LogP contribution in [0.4, 0.5) is 0 Å². The predicted molar refractivity (Wildman–Crippen MR) is 79.1 cm³/mol. The van der Waals surface area contributed by atoms with Crippen LogP contribution >= 0.6 is 11.3 Å². The molecule has 0 aromatic carbocycles. The zero-order valence-electron chi connectivity index (χ0n) is 11.6. The Morgan fingerprint density at radius 1 is 1.40 bits per heavy atom. The van der Waals surface area contributed by atoms with E-state index >= 15 is 0 Å². The predicted octanol–water partition coefficient (Wildman–Crippen LogP) is 2.46. The molecule has 110 valence electrons. The SMILES string of the molecule is Cc1cc(C(C)NCc2ccc(S(N)(=O)=O)o2)c(C)s1. The Labute approximate surface area is 122 Å². The molecule has 0 saturated heterocycles. The van der Waals surface area contributed by atoms with Crippen LogP contribution in [0, 0.1) is 13.8 Å². The number of hydrogen-bond acceptors (Lipinski definition) is 5. The summed E-state index contributed by atoms with van der Waals surface area (Å²) in [6.45, 7) is 6.69. The van der Waals surface area contributed by atoms with Crippen molar-refractivity contribution in [2.45, 2.75) is 38.5 Å². The number of aryl methyl sites for hydroxylation is 2. The zero-order valence-corrected chi connectivity index (χ0v) is 13.3. The normalized spacial score (nSPS) is 13.6. The van der Waals surface area contributed by atoms with Crippen LogP contribution in [-0.4, -0.2) is 8.42 Å². The second-order valence-corrected chi connectivity index (χ2v) is 7.69. The third kappa shape index (κ3) is 3.49. The van der Waals surface area contributed by atoms with Crippen molar-refractivity contribution in [2.75, 3.05) is 0 Å². The molecule has 5 nitrogen and oxygen atoms in total. The summed E-state index contributed by atoms with van der Waals surface area (Å²) >= 11 is 1.77. The number of rotatable bonds is 5. The third-order valence-electron chi connectivity index (χ3n) is 3.05. The second kappa shape index (κ2) is 5.69. The van der Waals surface area contributed by atoms with E-state index in [1.165, 1.54) is 21.4 Å². The number of thiophene rings is 1. The Kier molecular flexibility index (Phi) is 4.33. The Morgan fingerprint density at radius 3 is 2.60 bits per heavy atom. The Bertz CT molecular complexity index is 701. The third-order valence-corrected chi connectivity index (χ3v) is 4.81. The number of hydrogen-bond donors (Lipinski definition) is 2. The van der Waals surface area contributed by atoms with E-state index in [-0.39, 0.29) is 11.1 Å². The minimum Gasteiger partial charge on any atom is -0.447 e. The highest BCUT2D eigenvalue weighted by molar-refractivity contribution is 7.89. The van der Waals surface area contributed by atoms with Gasteiger partial charge in [0.25, 0.3) is 10.0 Å². The maximum Gasteiger partial charge on any atom is 0.271 e. The van der Waals surface area contributed by atoms with Crippen LogP contribution in [0.25, 0.3) is 0 Å². The Balaban J connectivity index is 2.02. The lowest BCUT2D eigenvalue weighted by Gasteiger charge is -2.12. The van der Waals surface area contributed by atoms with Crippen LogP contribution in [0.2, 0.25) is 0 Å². The summed E-state index contributed by atoms with van der Waals surface area (Å²) in [7, 11) is -3.77. The molecule has 0 radical (unpaired) electrons. The molecule has 0 amide bonds. The van der Waals surface area contributed by atoms with E-state index in [4.69, 9.17) is 9.56 Å². The van der Waals surface area contributed by atoms with Gasteiger partial charge in [-0.05, 0) is 44.5 Å². The summed E-state index contributed by atoms with van der Waals surface area (Å²) in [4.78, 5) is 2.56. The van der Waals surface area contributed by atoms with Crippen LogP contribution in [0.3, 0.4) is 0 Å². The smallest absolute Gasteiger partial charge is 0.271 e. The van der Waals surface area contributed by atoms with Gasteiger partial charge in [-0.1, -0.05) is 0 Å². The number of sulfonamides is 1. The molecule has 0 saturated carbocycles. The van der Waals surface area contributed by atoms with Crippen LogP contribution < -0.4 is 10.5 Å². The molecule has 2 aromatic heterocycles. The van der Waals surface area contributed by atoms with E-state index in [0.29, 0.717) is 12.3 Å². The van der Waals surface area contributed by atoms with Gasteiger partial charge in [0.1, 0.15) is 5.76 Å². The van der Waals surface area contributed by atoms with Gasteiger partial charge >= 0.3 is 0 Å². The van der Waals surface area contributed by atoms with Gasteiger partial charge in [-0.15, -0.1) is 11.3 Å². The van der Waals surface area contributed by atoms with Crippen molar-refractivity contribution in [3.63, 3.8) is 0 Å². The highest BCUT2D eigenvalue weighted by atomic mass is 32.2. The number of furan rings is 1. The van der Waals surface area contributed by atoms with Crippen molar-refractivity contribution in [2.24, 2.45) is 5.14 Å². The number of primary sulfonamides is 1. The van der Waals surface area contributed by atoms with Crippen molar-refractivity contribution in [1.82, 2.24) is 5.32 Å². The van der Waals surface area contributed by atoms with Gasteiger partial charge in [0.05, 0.1) is 6.54 Å². The minimum atomic E-state index is -3.77. The quantitative estimate of drug-likeness (QED) is 0.887. The monoisotopic (exact) mass is 314 g/mol. The van der Waals surface area contributed by atoms with Crippen molar-refractivity contribution >= 4 is 21.4 Å². The van der Waals surface area contributed by atoms with Crippen LogP contribution in [0.1, 0.15) is 34.0 Å². The largest absolute Gasteiger partial charge is 0.447 e. The molecule has 7 heteroatoms. The molecule has 0 bridgehead atoms. The lowest BCUT2D eigenvalue weighted by molar-refractivity contribution is 0.393. The van der Waals surface area contributed by atoms with Crippen molar-refractivity contribution in [3.05, 3.63) is 39.3 Å². The first kappa shape index (κ1) is 15.2. The summed E-state index contributed by atoms with van der Waals surface area (Å²) < 4.78 is 27.4. The molecular formula is C13H18N2O3S2. The minimum absolute atomic E-state index is 0.169. The highest BCUT2D eigenvalue weighted by Gasteiger charge is 2.15. The van der Waals surface area contributed by atoms with E-state index in [9.17, 15) is 8.42 Å². The standard InChI is InChI=1S/C13H18N2O3S2/c1-8-6-12(10(3)19-8)9(2)15-7-11-4-5-13(18-11)20(14,16)17/h4-6,9,15H,7H2,1-3H3,(H2,14,16,17). The average Bonchev–Trinajstić information content (AvgIpc) is 2.92. The van der Waals surface area contributed by atoms with Gasteiger partial charge in [-0.25, -0.2) is 13.6 Å². The van der Waals surface area contributed by atoms with Crippen molar-refractivity contribution < 1.29 is 12.8 Å². The van der Waals surface area contributed by atoms with Crippen molar-refractivity contribution in [3.8, 4) is 0 Å². The second-order valence-electron chi connectivity index (χ2n) is 4.74. The van der Waals surface area contributed by atoms with E-state index in [1.54, 1.807) is 17.4 Å². The lowest BCUT2D eigenvalue weighted by Crippen LogP contribution is -2.18. The summed E-state index contributed by atoms with van der Waals surface area (Å²) in [5.74, 6) is 0.547. The van der Waals surface area contributed by atoms with E-state index in [2.05, 4.69) is 32.2 Å². The molecular weight excluding hydrogens is 296 g/mol. The summed E-state index contributed by atoms with van der Waals surface area (Å²) in [6.07, 6.45) is 0. The molecule has 2 heterocycles. The first-order chi connectivity index (χ1) is 9.27. The molecule has 0 spiro atoms. The fraction of sp³-hybridized carbons (Fsp3) is 0.385. The topological polar surface area (TPSA) is 85.3 Å². The summed E-state index contributed by atoms with van der Waals surface area (Å²) in [6, 6.07) is 5.32. The van der Waals surface area contributed by atoms with Crippen LogP contribution in [0.5, 0.6) is 0 Å². The number of nitrogens with two attached hydrogens (primary N) is 1. The Hall–Kier alpha value is -1.15. The first-order valence-electron chi connectivity index (χ1n) is 6.19. The van der Waals surface area contributed by atoms with Gasteiger partial charge < -0.3 is 9.73 Å². The molecule has 1 unspecified atom stereocenters. The summed E-state index contributed by atoms with van der Waals surface area (Å²) in [5, 5.41) is 8.11. The van der Waals surface area contributed by atoms with Gasteiger partial charge in [-0.3, -0.25) is 0 Å². The molecule has 2 rings (SSSR count). The zero-order chi connectivity index (χ0) is 14.9. The molecule has 2 aromatic rings.